The van der Waals surface area contributed by atoms with Crippen molar-refractivity contribution in [3.05, 3.63) is 59.4 Å². The minimum Gasteiger partial charge on any atom is -0.466 e. The van der Waals surface area contributed by atoms with Crippen LogP contribution in [-0.2, 0) is 5.60 Å². The molecule has 5 heteroatoms. The van der Waals surface area contributed by atoms with Crippen molar-refractivity contribution in [2.24, 2.45) is 0 Å². The fraction of sp³-hybridized carbons (Fsp3) is 0.188. The predicted molar refractivity (Wildman–Crippen MR) is 82.4 cm³/mol. The van der Waals surface area contributed by atoms with Gasteiger partial charge in [0, 0.05) is 4.70 Å². The molecule has 2 aromatic heterocycles. The fourth-order valence-electron chi connectivity index (χ4n) is 2.11. The van der Waals surface area contributed by atoms with E-state index in [1.807, 2.05) is 30.3 Å². The molecule has 108 valence electrons. The summed E-state index contributed by atoms with van der Waals surface area (Å²) in [6.07, 6.45) is 1.50. The van der Waals surface area contributed by atoms with Crippen LogP contribution in [0, 0.1) is 0 Å². The standard InChI is InChI=1S/C16H15NO3S/c1-16(19,14-7-4-8-20-14)10-17-15(18)13-9-11-5-2-3-6-12(11)21-13/h2-9,19H,10H2,1H3,(H,17,18)/t16-/m1/s1. The molecule has 0 spiro atoms. The number of benzene rings is 1. The van der Waals surface area contributed by atoms with Gasteiger partial charge in [0.05, 0.1) is 17.7 Å². The number of amides is 1. The number of thiophene rings is 1. The number of nitrogens with one attached hydrogen (secondary N) is 1. The van der Waals surface area contributed by atoms with Crippen LogP contribution in [-0.4, -0.2) is 17.6 Å². The lowest BCUT2D eigenvalue weighted by Gasteiger charge is -2.20. The van der Waals surface area contributed by atoms with Crippen LogP contribution in [0.5, 0.6) is 0 Å². The second-order valence-electron chi connectivity index (χ2n) is 5.08. The quantitative estimate of drug-likeness (QED) is 0.778. The summed E-state index contributed by atoms with van der Waals surface area (Å²) >= 11 is 1.44. The maximum absolute atomic E-state index is 12.2. The third-order valence-corrected chi connectivity index (χ3v) is 4.41. The van der Waals surface area contributed by atoms with Crippen LogP contribution in [0.2, 0.25) is 0 Å². The maximum Gasteiger partial charge on any atom is 0.261 e. The molecule has 0 radical (unpaired) electrons. The molecule has 0 fully saturated rings. The molecule has 1 atom stereocenters. The normalized spacial score (nSPS) is 14.0. The molecule has 0 unspecified atom stereocenters. The highest BCUT2D eigenvalue weighted by Gasteiger charge is 2.27. The highest BCUT2D eigenvalue weighted by Crippen LogP contribution is 2.25. The minimum absolute atomic E-state index is 0.0909. The van der Waals surface area contributed by atoms with Gasteiger partial charge >= 0.3 is 0 Å². The second-order valence-corrected chi connectivity index (χ2v) is 6.17. The molecule has 1 aromatic carbocycles. The topological polar surface area (TPSA) is 62.5 Å². The molecule has 0 saturated carbocycles. The van der Waals surface area contributed by atoms with E-state index < -0.39 is 5.60 Å². The van der Waals surface area contributed by atoms with Crippen LogP contribution in [0.1, 0.15) is 22.4 Å². The van der Waals surface area contributed by atoms with Crippen LogP contribution in [0.25, 0.3) is 10.1 Å². The molecule has 0 aliphatic carbocycles. The van der Waals surface area contributed by atoms with Gasteiger partial charge in [0.2, 0.25) is 0 Å². The Balaban J connectivity index is 1.72. The molecule has 0 bridgehead atoms. The summed E-state index contributed by atoms with van der Waals surface area (Å²) in [5.41, 5.74) is -1.23. The summed E-state index contributed by atoms with van der Waals surface area (Å²) in [7, 11) is 0. The van der Waals surface area contributed by atoms with Crippen LogP contribution in [0.4, 0.5) is 0 Å². The lowest BCUT2D eigenvalue weighted by Crippen LogP contribution is -2.38. The average molecular weight is 301 g/mol. The molecule has 4 nitrogen and oxygen atoms in total. The van der Waals surface area contributed by atoms with Crippen molar-refractivity contribution in [2.45, 2.75) is 12.5 Å². The number of aliphatic hydroxyl groups is 1. The molecule has 0 aliphatic rings. The first kappa shape index (κ1) is 13.9. The Hall–Kier alpha value is -2.11. The molecular formula is C16H15NO3S. The number of hydrogen-bond donors (Lipinski definition) is 2. The van der Waals surface area contributed by atoms with Crippen molar-refractivity contribution < 1.29 is 14.3 Å². The Labute approximate surface area is 126 Å². The van der Waals surface area contributed by atoms with Crippen molar-refractivity contribution >= 4 is 27.3 Å². The Morgan fingerprint density at radius 1 is 1.33 bits per heavy atom. The Morgan fingerprint density at radius 3 is 2.86 bits per heavy atom. The molecule has 0 saturated heterocycles. The van der Waals surface area contributed by atoms with Crippen molar-refractivity contribution in [1.29, 1.82) is 0 Å². The van der Waals surface area contributed by atoms with E-state index in [9.17, 15) is 9.90 Å². The van der Waals surface area contributed by atoms with E-state index in [4.69, 9.17) is 4.42 Å². The molecule has 21 heavy (non-hydrogen) atoms. The number of hydrogen-bond acceptors (Lipinski definition) is 4. The first-order chi connectivity index (χ1) is 10.1. The summed E-state index contributed by atoms with van der Waals surface area (Å²) in [5.74, 6) is 0.238. The number of fused-ring (bicyclic) bond motifs is 1. The maximum atomic E-state index is 12.2. The van der Waals surface area contributed by atoms with Gasteiger partial charge in [0.25, 0.3) is 5.91 Å². The van der Waals surface area contributed by atoms with Crippen LogP contribution < -0.4 is 5.32 Å². The van der Waals surface area contributed by atoms with E-state index in [0.29, 0.717) is 10.6 Å². The first-order valence-electron chi connectivity index (χ1n) is 6.59. The third kappa shape index (κ3) is 2.84. The van der Waals surface area contributed by atoms with E-state index in [1.165, 1.54) is 17.6 Å². The Bertz CT molecular complexity index is 726. The van der Waals surface area contributed by atoms with E-state index in [2.05, 4.69) is 5.32 Å². The van der Waals surface area contributed by atoms with Crippen molar-refractivity contribution in [3.63, 3.8) is 0 Å². The summed E-state index contributed by atoms with van der Waals surface area (Å²) in [4.78, 5) is 12.8. The number of furan rings is 1. The van der Waals surface area contributed by atoms with Gasteiger partial charge in [-0.3, -0.25) is 4.79 Å². The predicted octanol–water partition coefficient (Wildman–Crippen LogP) is 3.13. The van der Waals surface area contributed by atoms with Gasteiger partial charge in [0.1, 0.15) is 11.4 Å². The largest absolute Gasteiger partial charge is 0.466 e. The van der Waals surface area contributed by atoms with Gasteiger partial charge in [-0.15, -0.1) is 11.3 Å². The van der Waals surface area contributed by atoms with Crippen LogP contribution in [0.3, 0.4) is 0 Å². The number of carbonyl (C=O) groups is 1. The zero-order valence-electron chi connectivity index (χ0n) is 11.5. The van der Waals surface area contributed by atoms with Crippen molar-refractivity contribution in [1.82, 2.24) is 5.32 Å². The highest BCUT2D eigenvalue weighted by atomic mass is 32.1. The van der Waals surface area contributed by atoms with Crippen molar-refractivity contribution in [2.75, 3.05) is 6.54 Å². The monoisotopic (exact) mass is 301 g/mol. The minimum atomic E-state index is -1.23. The molecule has 1 amide bonds. The zero-order chi connectivity index (χ0) is 14.9. The SMILES string of the molecule is C[C@@](O)(CNC(=O)c1cc2ccccc2s1)c1ccco1. The summed E-state index contributed by atoms with van der Waals surface area (Å²) < 4.78 is 6.26. The van der Waals surface area contributed by atoms with E-state index in [0.717, 1.165) is 10.1 Å². The van der Waals surface area contributed by atoms with Gasteiger partial charge in [-0.25, -0.2) is 0 Å². The van der Waals surface area contributed by atoms with E-state index in [1.54, 1.807) is 19.1 Å². The lowest BCUT2D eigenvalue weighted by molar-refractivity contribution is 0.0331. The molecule has 3 rings (SSSR count). The zero-order valence-corrected chi connectivity index (χ0v) is 12.3. The second kappa shape index (κ2) is 5.35. The molecular weight excluding hydrogens is 286 g/mol. The summed E-state index contributed by atoms with van der Waals surface area (Å²) in [6, 6.07) is 13.1. The van der Waals surface area contributed by atoms with E-state index in [-0.39, 0.29) is 12.5 Å². The smallest absolute Gasteiger partial charge is 0.261 e. The molecule has 2 N–H and O–H groups in total. The van der Waals surface area contributed by atoms with Crippen LogP contribution >= 0.6 is 11.3 Å². The number of rotatable bonds is 4. The van der Waals surface area contributed by atoms with Crippen LogP contribution in [0.15, 0.2) is 53.1 Å². The van der Waals surface area contributed by atoms with Gasteiger partial charge in [-0.05, 0) is 36.6 Å². The van der Waals surface area contributed by atoms with Gasteiger partial charge in [-0.2, -0.15) is 0 Å². The summed E-state index contributed by atoms with van der Waals surface area (Å²) in [5, 5.41) is 14.1. The molecule has 0 aliphatic heterocycles. The van der Waals surface area contributed by atoms with Gasteiger partial charge < -0.3 is 14.8 Å². The fourth-order valence-corrected chi connectivity index (χ4v) is 3.08. The Kier molecular flexibility index (Phi) is 3.53. The summed E-state index contributed by atoms with van der Waals surface area (Å²) in [6.45, 7) is 1.70. The van der Waals surface area contributed by atoms with E-state index >= 15 is 0 Å². The third-order valence-electron chi connectivity index (χ3n) is 3.29. The van der Waals surface area contributed by atoms with Crippen molar-refractivity contribution in [3.8, 4) is 0 Å². The first-order valence-corrected chi connectivity index (χ1v) is 7.41. The molecule has 3 aromatic rings. The van der Waals surface area contributed by atoms with Gasteiger partial charge in [0.15, 0.2) is 0 Å². The average Bonchev–Trinajstić information content (AvgIpc) is 3.13. The number of carbonyl (C=O) groups excluding carboxylic acids is 1. The highest BCUT2D eigenvalue weighted by molar-refractivity contribution is 7.20. The Morgan fingerprint density at radius 2 is 2.14 bits per heavy atom. The molecule has 2 heterocycles. The van der Waals surface area contributed by atoms with Gasteiger partial charge in [-0.1, -0.05) is 18.2 Å². The lowest BCUT2D eigenvalue weighted by atomic mass is 10.0.